The zero-order valence-corrected chi connectivity index (χ0v) is 9.82. The standard InChI is InChI=1S/C8H6Cl2O4S/c1-4-6(8(11)12)2-5(9)3-7(4)15(10,13)14/h2-3H,1H3,(H,11,12). The van der Waals surface area contributed by atoms with E-state index in [9.17, 15) is 13.2 Å². The van der Waals surface area contributed by atoms with Crippen LogP contribution in [0.25, 0.3) is 0 Å². The lowest BCUT2D eigenvalue weighted by molar-refractivity contribution is 0.0696. The van der Waals surface area contributed by atoms with Crippen molar-refractivity contribution in [3.8, 4) is 0 Å². The van der Waals surface area contributed by atoms with Crippen LogP contribution in [-0.4, -0.2) is 19.5 Å². The summed E-state index contributed by atoms with van der Waals surface area (Å²) in [7, 11) is 1.15. The van der Waals surface area contributed by atoms with E-state index in [1.807, 2.05) is 0 Å². The minimum absolute atomic E-state index is 0.0113. The van der Waals surface area contributed by atoms with Crippen molar-refractivity contribution in [1.82, 2.24) is 0 Å². The number of hydrogen-bond donors (Lipinski definition) is 1. The van der Waals surface area contributed by atoms with Gasteiger partial charge in [-0.1, -0.05) is 11.6 Å². The van der Waals surface area contributed by atoms with Crippen LogP contribution in [0, 0.1) is 6.92 Å². The van der Waals surface area contributed by atoms with Crippen LogP contribution in [0.15, 0.2) is 17.0 Å². The van der Waals surface area contributed by atoms with Gasteiger partial charge in [-0.25, -0.2) is 13.2 Å². The summed E-state index contributed by atoms with van der Waals surface area (Å²) in [4.78, 5) is 10.5. The van der Waals surface area contributed by atoms with Gasteiger partial charge in [0.1, 0.15) is 0 Å². The highest BCUT2D eigenvalue weighted by atomic mass is 35.7. The van der Waals surface area contributed by atoms with Crippen LogP contribution in [0.2, 0.25) is 5.02 Å². The van der Waals surface area contributed by atoms with Crippen molar-refractivity contribution < 1.29 is 18.3 Å². The van der Waals surface area contributed by atoms with Gasteiger partial charge in [0.05, 0.1) is 10.5 Å². The summed E-state index contributed by atoms with van der Waals surface area (Å²) in [5, 5.41) is 8.80. The molecule has 7 heteroatoms. The first-order valence-corrected chi connectivity index (χ1v) is 6.40. The van der Waals surface area contributed by atoms with E-state index in [1.54, 1.807) is 0 Å². The molecule has 0 saturated heterocycles. The van der Waals surface area contributed by atoms with Crippen molar-refractivity contribution in [1.29, 1.82) is 0 Å². The molecule has 1 N–H and O–H groups in total. The number of halogens is 2. The molecule has 1 aromatic carbocycles. The number of carboxylic acid groups (broad SMARTS) is 1. The molecule has 0 unspecified atom stereocenters. The zero-order valence-electron chi connectivity index (χ0n) is 7.49. The first kappa shape index (κ1) is 12.3. The Morgan fingerprint density at radius 3 is 2.33 bits per heavy atom. The molecule has 82 valence electrons. The second kappa shape index (κ2) is 4.00. The van der Waals surface area contributed by atoms with Gasteiger partial charge in [-0.2, -0.15) is 0 Å². The SMILES string of the molecule is Cc1c(C(=O)O)cc(Cl)cc1S(=O)(=O)Cl. The van der Waals surface area contributed by atoms with Crippen LogP contribution in [0.4, 0.5) is 0 Å². The van der Waals surface area contributed by atoms with Crippen molar-refractivity contribution in [3.63, 3.8) is 0 Å². The lowest BCUT2D eigenvalue weighted by Gasteiger charge is -2.06. The molecular formula is C8H6Cl2O4S. The van der Waals surface area contributed by atoms with Crippen LogP contribution in [0.1, 0.15) is 15.9 Å². The average Bonchev–Trinajstić information content (AvgIpc) is 2.06. The highest BCUT2D eigenvalue weighted by molar-refractivity contribution is 8.13. The third-order valence-corrected chi connectivity index (χ3v) is 3.48. The minimum atomic E-state index is -3.99. The summed E-state index contributed by atoms with van der Waals surface area (Å²) in [6.07, 6.45) is 0. The molecule has 1 rings (SSSR count). The van der Waals surface area contributed by atoms with Crippen molar-refractivity contribution in [2.24, 2.45) is 0 Å². The second-order valence-electron chi connectivity index (χ2n) is 2.82. The Balaban J connectivity index is 3.63. The summed E-state index contributed by atoms with van der Waals surface area (Å²) in [5.41, 5.74) is -0.108. The lowest BCUT2D eigenvalue weighted by atomic mass is 10.1. The molecule has 0 atom stereocenters. The number of rotatable bonds is 2. The van der Waals surface area contributed by atoms with E-state index in [1.165, 1.54) is 13.0 Å². The van der Waals surface area contributed by atoms with Crippen LogP contribution >= 0.6 is 22.3 Å². The summed E-state index contributed by atoms with van der Waals surface area (Å²) in [6, 6.07) is 2.29. The fourth-order valence-electron chi connectivity index (χ4n) is 1.13. The number of carboxylic acids is 1. The van der Waals surface area contributed by atoms with Gasteiger partial charge in [0.2, 0.25) is 0 Å². The maximum absolute atomic E-state index is 11.1. The van der Waals surface area contributed by atoms with Crippen LogP contribution in [-0.2, 0) is 9.05 Å². The Hall–Kier alpha value is -0.780. The van der Waals surface area contributed by atoms with E-state index in [2.05, 4.69) is 0 Å². The van der Waals surface area contributed by atoms with Crippen molar-refractivity contribution in [2.45, 2.75) is 11.8 Å². The van der Waals surface area contributed by atoms with Gasteiger partial charge >= 0.3 is 5.97 Å². The predicted octanol–water partition coefficient (Wildman–Crippen LogP) is 2.27. The quantitative estimate of drug-likeness (QED) is 0.836. The van der Waals surface area contributed by atoms with Crippen LogP contribution in [0.3, 0.4) is 0 Å². The molecule has 0 aromatic heterocycles. The average molecular weight is 269 g/mol. The Morgan fingerprint density at radius 1 is 1.40 bits per heavy atom. The largest absolute Gasteiger partial charge is 0.478 e. The third-order valence-electron chi connectivity index (χ3n) is 1.82. The zero-order chi connectivity index (χ0) is 11.8. The molecule has 15 heavy (non-hydrogen) atoms. The fraction of sp³-hybridized carbons (Fsp3) is 0.125. The number of carbonyl (C=O) groups is 1. The second-order valence-corrected chi connectivity index (χ2v) is 5.79. The molecule has 0 spiro atoms. The van der Waals surface area contributed by atoms with Gasteiger partial charge in [-0.15, -0.1) is 0 Å². The highest BCUT2D eigenvalue weighted by Gasteiger charge is 2.19. The van der Waals surface area contributed by atoms with Gasteiger partial charge in [-0.3, -0.25) is 0 Å². The number of benzene rings is 1. The van der Waals surface area contributed by atoms with Gasteiger partial charge in [0, 0.05) is 15.7 Å². The molecule has 1 aromatic rings. The maximum Gasteiger partial charge on any atom is 0.336 e. The molecule has 0 bridgehead atoms. The van der Waals surface area contributed by atoms with Crippen LogP contribution in [0.5, 0.6) is 0 Å². The lowest BCUT2D eigenvalue weighted by Crippen LogP contribution is -2.04. The van der Waals surface area contributed by atoms with Gasteiger partial charge in [-0.05, 0) is 24.6 Å². The first-order chi connectivity index (χ1) is 6.73. The Morgan fingerprint density at radius 2 is 1.93 bits per heavy atom. The molecular weight excluding hydrogens is 263 g/mol. The molecule has 0 amide bonds. The topological polar surface area (TPSA) is 71.4 Å². The van der Waals surface area contributed by atoms with Crippen molar-refractivity contribution in [2.75, 3.05) is 0 Å². The fourth-order valence-corrected chi connectivity index (χ4v) is 2.64. The van der Waals surface area contributed by atoms with Gasteiger partial charge in [0.25, 0.3) is 9.05 Å². The van der Waals surface area contributed by atoms with E-state index in [0.717, 1.165) is 6.07 Å². The predicted molar refractivity (Wildman–Crippen MR) is 56.2 cm³/mol. The molecule has 0 radical (unpaired) electrons. The molecule has 0 aliphatic rings. The molecule has 0 saturated carbocycles. The van der Waals surface area contributed by atoms with E-state index < -0.39 is 15.0 Å². The summed E-state index contributed by atoms with van der Waals surface area (Å²) in [6.45, 7) is 1.36. The Labute approximate surface area is 95.9 Å². The van der Waals surface area contributed by atoms with E-state index in [-0.39, 0.29) is 21.0 Å². The summed E-state index contributed by atoms with van der Waals surface area (Å²) >= 11 is 5.59. The summed E-state index contributed by atoms with van der Waals surface area (Å²) < 4.78 is 22.2. The Bertz CT molecular complexity index is 522. The minimum Gasteiger partial charge on any atom is -0.478 e. The molecule has 0 heterocycles. The monoisotopic (exact) mass is 268 g/mol. The smallest absolute Gasteiger partial charge is 0.336 e. The Kier molecular flexibility index (Phi) is 3.28. The van der Waals surface area contributed by atoms with Crippen molar-refractivity contribution in [3.05, 3.63) is 28.3 Å². The maximum atomic E-state index is 11.1. The van der Waals surface area contributed by atoms with Gasteiger partial charge < -0.3 is 5.11 Å². The van der Waals surface area contributed by atoms with E-state index in [4.69, 9.17) is 27.4 Å². The van der Waals surface area contributed by atoms with Crippen molar-refractivity contribution >= 4 is 37.3 Å². The highest BCUT2D eigenvalue weighted by Crippen LogP contribution is 2.26. The molecule has 0 aliphatic heterocycles. The van der Waals surface area contributed by atoms with E-state index >= 15 is 0 Å². The summed E-state index contributed by atoms with van der Waals surface area (Å²) in [5.74, 6) is -1.25. The number of aromatic carboxylic acids is 1. The normalized spacial score (nSPS) is 11.4. The molecule has 0 fully saturated rings. The van der Waals surface area contributed by atoms with E-state index in [0.29, 0.717) is 0 Å². The van der Waals surface area contributed by atoms with Gasteiger partial charge in [0.15, 0.2) is 0 Å². The third kappa shape index (κ3) is 2.62. The number of hydrogen-bond acceptors (Lipinski definition) is 3. The molecule has 0 aliphatic carbocycles. The molecule has 4 nitrogen and oxygen atoms in total. The van der Waals surface area contributed by atoms with Crippen LogP contribution < -0.4 is 0 Å². The first-order valence-electron chi connectivity index (χ1n) is 3.71.